The maximum absolute atomic E-state index is 14.1. The number of ether oxygens (including phenoxy) is 4. The number of rotatable bonds is 5. The van der Waals surface area contributed by atoms with Crippen molar-refractivity contribution in [3.05, 3.63) is 95.6 Å². The Morgan fingerprint density at radius 3 is 2.00 bits per heavy atom. The first-order chi connectivity index (χ1) is 22.6. The molecule has 0 radical (unpaired) electrons. The van der Waals surface area contributed by atoms with Gasteiger partial charge in [-0.05, 0) is 71.4 Å². The molecule has 5 aromatic rings. The number of para-hydroxylation sites is 2. The first kappa shape index (κ1) is 32.1. The maximum atomic E-state index is 14.1. The maximum Gasteiger partial charge on any atom is 0.424 e. The number of phenols is 1. The van der Waals surface area contributed by atoms with E-state index in [1.54, 1.807) is 71.9 Å². The fraction of sp³-hybridized carbons (Fsp3) is 0.243. The van der Waals surface area contributed by atoms with E-state index >= 15 is 0 Å². The number of fused-ring (bicyclic) bond motifs is 5. The Morgan fingerprint density at radius 1 is 0.708 bits per heavy atom. The van der Waals surface area contributed by atoms with Crippen molar-refractivity contribution in [3.63, 3.8) is 0 Å². The van der Waals surface area contributed by atoms with Crippen LogP contribution >= 0.6 is 0 Å². The van der Waals surface area contributed by atoms with E-state index in [1.165, 1.54) is 22.8 Å². The van der Waals surface area contributed by atoms with Gasteiger partial charge in [-0.2, -0.15) is 4.90 Å². The zero-order valence-electron chi connectivity index (χ0n) is 27.3. The van der Waals surface area contributed by atoms with Crippen molar-refractivity contribution in [2.24, 2.45) is 0 Å². The molecular formula is C37H34N2O9. The minimum absolute atomic E-state index is 0.0217. The molecule has 3 amide bonds. The number of benzene rings is 4. The number of aromatic nitrogens is 1. The number of nitrogens with zero attached hydrogens (tertiary/aromatic N) is 2. The van der Waals surface area contributed by atoms with Gasteiger partial charge in [0.2, 0.25) is 0 Å². The molecule has 11 heteroatoms. The highest BCUT2D eigenvalue weighted by molar-refractivity contribution is 6.35. The van der Waals surface area contributed by atoms with E-state index in [0.29, 0.717) is 21.6 Å². The molecule has 0 atom stereocenters. The second-order valence-corrected chi connectivity index (χ2v) is 13.3. The number of phenolic OH excluding ortho intramolecular Hbond substituents is 1. The van der Waals surface area contributed by atoms with Crippen LogP contribution in [0.5, 0.6) is 23.0 Å². The predicted molar refractivity (Wildman–Crippen MR) is 177 cm³/mol. The number of imide groups is 3. The lowest BCUT2D eigenvalue weighted by atomic mass is 10.0. The average Bonchev–Trinajstić information content (AvgIpc) is 3.46. The number of aromatic hydroxyl groups is 1. The SMILES string of the molecule is CC(C)(C)OC(=O)N1C(=O)c2c(Oc3ccccc3O)cc3c(c2C1=O)c1ccc(OCc2ccccc2)cc1n3C(=O)OC(C)(C)C. The number of hydrogen-bond acceptors (Lipinski definition) is 9. The topological polar surface area (TPSA) is 134 Å². The summed E-state index contributed by atoms with van der Waals surface area (Å²) in [7, 11) is 0. The minimum Gasteiger partial charge on any atom is -0.504 e. The Morgan fingerprint density at radius 2 is 1.33 bits per heavy atom. The number of carbonyl (C=O) groups excluding carboxylic acids is 4. The van der Waals surface area contributed by atoms with Crippen LogP contribution in [-0.2, 0) is 16.1 Å². The van der Waals surface area contributed by atoms with Crippen molar-refractivity contribution >= 4 is 45.8 Å². The third-order valence-electron chi connectivity index (χ3n) is 7.31. The Balaban J connectivity index is 1.61. The van der Waals surface area contributed by atoms with Crippen LogP contribution in [0.3, 0.4) is 0 Å². The first-order valence-corrected chi connectivity index (χ1v) is 15.3. The second-order valence-electron chi connectivity index (χ2n) is 13.3. The smallest absolute Gasteiger partial charge is 0.424 e. The summed E-state index contributed by atoms with van der Waals surface area (Å²) in [6.45, 7) is 10.3. The van der Waals surface area contributed by atoms with Gasteiger partial charge in [0, 0.05) is 22.9 Å². The minimum atomic E-state index is -1.16. The van der Waals surface area contributed by atoms with Crippen LogP contribution in [0.4, 0.5) is 9.59 Å². The molecule has 1 aliphatic rings. The monoisotopic (exact) mass is 650 g/mol. The summed E-state index contributed by atoms with van der Waals surface area (Å²) >= 11 is 0. The van der Waals surface area contributed by atoms with Gasteiger partial charge < -0.3 is 24.1 Å². The Labute approximate surface area is 276 Å². The fourth-order valence-corrected chi connectivity index (χ4v) is 5.42. The largest absolute Gasteiger partial charge is 0.504 e. The van der Waals surface area contributed by atoms with Crippen molar-refractivity contribution in [1.29, 1.82) is 0 Å². The average molecular weight is 651 g/mol. The number of amides is 3. The zero-order chi connectivity index (χ0) is 34.5. The van der Waals surface area contributed by atoms with Crippen LogP contribution in [0.15, 0.2) is 78.9 Å². The molecule has 0 bridgehead atoms. The molecule has 1 aliphatic heterocycles. The molecule has 48 heavy (non-hydrogen) atoms. The Kier molecular flexibility index (Phi) is 7.86. The van der Waals surface area contributed by atoms with Gasteiger partial charge in [0.1, 0.15) is 29.3 Å². The molecule has 0 unspecified atom stereocenters. The van der Waals surface area contributed by atoms with Crippen molar-refractivity contribution in [2.45, 2.75) is 59.4 Å². The molecule has 0 aliphatic carbocycles. The van der Waals surface area contributed by atoms with Gasteiger partial charge in [0.05, 0.1) is 22.2 Å². The molecule has 4 aromatic carbocycles. The van der Waals surface area contributed by atoms with Gasteiger partial charge >= 0.3 is 12.2 Å². The molecule has 6 rings (SSSR count). The lowest BCUT2D eigenvalue weighted by molar-refractivity contribution is 0.0254. The van der Waals surface area contributed by atoms with Gasteiger partial charge in [-0.25, -0.2) is 14.2 Å². The zero-order valence-corrected chi connectivity index (χ0v) is 27.3. The standard InChI is InChI=1S/C37H34N2O9/c1-36(2,3)47-34(43)38-24-18-22(45-20-21-12-8-7-9-13-21)16-17-23(24)29-25(38)19-28(46-27-15-11-10-14-26(27)40)30-31(29)33(42)39(32(30)41)35(44)48-37(4,5)6/h7-19,40H,20H2,1-6H3. The summed E-state index contributed by atoms with van der Waals surface area (Å²) in [5.74, 6) is -1.93. The van der Waals surface area contributed by atoms with E-state index in [0.717, 1.165) is 5.56 Å². The Bertz CT molecular complexity index is 2120. The van der Waals surface area contributed by atoms with Crippen molar-refractivity contribution in [2.75, 3.05) is 0 Å². The Hall–Kier alpha value is -5.84. The van der Waals surface area contributed by atoms with E-state index in [4.69, 9.17) is 18.9 Å². The third-order valence-corrected chi connectivity index (χ3v) is 7.31. The lowest BCUT2D eigenvalue weighted by Gasteiger charge is -2.22. The molecule has 2 heterocycles. The van der Waals surface area contributed by atoms with Crippen LogP contribution in [0.2, 0.25) is 0 Å². The van der Waals surface area contributed by atoms with Crippen molar-refractivity contribution in [3.8, 4) is 23.0 Å². The number of carbonyl (C=O) groups is 4. The third kappa shape index (κ3) is 6.02. The van der Waals surface area contributed by atoms with Crippen LogP contribution in [0, 0.1) is 0 Å². The molecule has 1 N–H and O–H groups in total. The van der Waals surface area contributed by atoms with Crippen LogP contribution in [-0.4, -0.2) is 49.8 Å². The molecule has 0 spiro atoms. The molecule has 0 saturated carbocycles. The first-order valence-electron chi connectivity index (χ1n) is 15.3. The summed E-state index contributed by atoms with van der Waals surface area (Å²) in [4.78, 5) is 55.7. The van der Waals surface area contributed by atoms with Crippen LogP contribution in [0.25, 0.3) is 21.8 Å². The quantitative estimate of drug-likeness (QED) is 0.187. The predicted octanol–water partition coefficient (Wildman–Crippen LogP) is 8.19. The summed E-state index contributed by atoms with van der Waals surface area (Å²) < 4.78 is 24.6. The molecule has 246 valence electrons. The van der Waals surface area contributed by atoms with Gasteiger partial charge in [0.25, 0.3) is 11.8 Å². The van der Waals surface area contributed by atoms with Crippen LogP contribution < -0.4 is 9.47 Å². The molecule has 0 saturated heterocycles. The molecule has 11 nitrogen and oxygen atoms in total. The van der Waals surface area contributed by atoms with E-state index in [2.05, 4.69) is 0 Å². The van der Waals surface area contributed by atoms with Crippen molar-refractivity contribution < 1.29 is 43.2 Å². The van der Waals surface area contributed by atoms with E-state index in [-0.39, 0.29) is 45.9 Å². The van der Waals surface area contributed by atoms with E-state index < -0.39 is 35.2 Å². The summed E-state index contributed by atoms with van der Waals surface area (Å²) in [5.41, 5.74) is -0.890. The van der Waals surface area contributed by atoms with Gasteiger partial charge in [-0.1, -0.05) is 42.5 Å². The summed E-state index contributed by atoms with van der Waals surface area (Å²) in [5, 5.41) is 11.1. The van der Waals surface area contributed by atoms with Gasteiger partial charge in [-0.3, -0.25) is 9.59 Å². The second kappa shape index (κ2) is 11.8. The lowest BCUT2D eigenvalue weighted by Crippen LogP contribution is -2.40. The summed E-state index contributed by atoms with van der Waals surface area (Å²) in [6, 6.07) is 22.0. The van der Waals surface area contributed by atoms with Gasteiger partial charge in [-0.15, -0.1) is 0 Å². The normalized spacial score (nSPS) is 13.2. The van der Waals surface area contributed by atoms with E-state index in [9.17, 15) is 24.3 Å². The van der Waals surface area contributed by atoms with E-state index in [1.807, 2.05) is 30.3 Å². The highest BCUT2D eigenvalue weighted by Gasteiger charge is 2.47. The fourth-order valence-electron chi connectivity index (χ4n) is 5.42. The highest BCUT2D eigenvalue weighted by Crippen LogP contribution is 2.45. The molecular weight excluding hydrogens is 616 g/mol. The molecule has 1 aromatic heterocycles. The highest BCUT2D eigenvalue weighted by atomic mass is 16.6. The van der Waals surface area contributed by atoms with Crippen molar-refractivity contribution in [1.82, 2.24) is 9.47 Å². The molecule has 0 fully saturated rings. The van der Waals surface area contributed by atoms with Crippen LogP contribution in [0.1, 0.15) is 67.8 Å². The summed E-state index contributed by atoms with van der Waals surface area (Å²) in [6.07, 6.45) is -1.93. The number of hydrogen-bond donors (Lipinski definition) is 1. The van der Waals surface area contributed by atoms with Gasteiger partial charge in [0.15, 0.2) is 11.5 Å².